The zero-order valence-corrected chi connectivity index (χ0v) is 11.7. The number of benzene rings is 2. The second kappa shape index (κ2) is 6.67. The quantitative estimate of drug-likeness (QED) is 0.805. The molecule has 1 unspecified atom stereocenters. The van der Waals surface area contributed by atoms with Gasteiger partial charge in [-0.15, -0.1) is 0 Å². The Bertz CT molecular complexity index is 641. The number of nitrogens with two attached hydrogens (primary N) is 1. The van der Waals surface area contributed by atoms with Crippen LogP contribution in [0.5, 0.6) is 0 Å². The van der Waals surface area contributed by atoms with Crippen LogP contribution in [0.1, 0.15) is 18.5 Å². The first kappa shape index (κ1) is 14.7. The number of hydrogen-bond donors (Lipinski definition) is 3. The van der Waals surface area contributed by atoms with Crippen molar-refractivity contribution in [3.63, 3.8) is 0 Å². The molecule has 0 radical (unpaired) electrons. The SMILES string of the molecule is CC(=O)Nc1cccc(NC(=O)C(N)c2ccccc2)c1. The minimum absolute atomic E-state index is 0.167. The Morgan fingerprint density at radius 1 is 0.952 bits per heavy atom. The normalized spacial score (nSPS) is 11.5. The van der Waals surface area contributed by atoms with Crippen LogP contribution >= 0.6 is 0 Å². The molecule has 21 heavy (non-hydrogen) atoms. The van der Waals surface area contributed by atoms with Crippen LogP contribution in [0.15, 0.2) is 54.6 Å². The zero-order chi connectivity index (χ0) is 15.2. The van der Waals surface area contributed by atoms with Crippen molar-refractivity contribution in [2.75, 3.05) is 10.6 Å². The molecule has 108 valence electrons. The molecule has 5 nitrogen and oxygen atoms in total. The molecule has 0 bridgehead atoms. The van der Waals surface area contributed by atoms with Crippen LogP contribution < -0.4 is 16.4 Å². The second-order valence-corrected chi connectivity index (χ2v) is 4.64. The van der Waals surface area contributed by atoms with Gasteiger partial charge in [-0.2, -0.15) is 0 Å². The number of amides is 2. The standard InChI is InChI=1S/C16H17N3O2/c1-11(20)18-13-8-5-9-14(10-13)19-16(21)15(17)12-6-3-2-4-7-12/h2-10,15H,17H2,1H3,(H,18,20)(H,19,21). The molecule has 0 saturated heterocycles. The van der Waals surface area contributed by atoms with Gasteiger partial charge in [0.25, 0.3) is 0 Å². The Morgan fingerprint density at radius 2 is 1.57 bits per heavy atom. The Hall–Kier alpha value is -2.66. The molecule has 5 heteroatoms. The van der Waals surface area contributed by atoms with Crippen LogP contribution in [-0.4, -0.2) is 11.8 Å². The molecular formula is C16H17N3O2. The van der Waals surface area contributed by atoms with Gasteiger partial charge in [-0.25, -0.2) is 0 Å². The van der Waals surface area contributed by atoms with Crippen molar-refractivity contribution in [2.45, 2.75) is 13.0 Å². The first-order valence-electron chi connectivity index (χ1n) is 6.55. The highest BCUT2D eigenvalue weighted by Gasteiger charge is 2.15. The van der Waals surface area contributed by atoms with E-state index in [4.69, 9.17) is 5.73 Å². The first-order chi connectivity index (χ1) is 10.1. The highest BCUT2D eigenvalue weighted by atomic mass is 16.2. The summed E-state index contributed by atoms with van der Waals surface area (Å²) in [5.41, 5.74) is 7.87. The lowest BCUT2D eigenvalue weighted by atomic mass is 10.1. The van der Waals surface area contributed by atoms with Crippen LogP contribution in [0.4, 0.5) is 11.4 Å². The molecule has 0 fully saturated rings. The number of nitrogens with one attached hydrogen (secondary N) is 2. The van der Waals surface area contributed by atoms with Gasteiger partial charge in [0.15, 0.2) is 0 Å². The fourth-order valence-corrected chi connectivity index (χ4v) is 1.91. The number of carbonyl (C=O) groups is 2. The van der Waals surface area contributed by atoms with E-state index in [1.54, 1.807) is 36.4 Å². The summed E-state index contributed by atoms with van der Waals surface area (Å²) in [6, 6.07) is 15.3. The molecule has 0 spiro atoms. The molecule has 0 aromatic heterocycles. The maximum Gasteiger partial charge on any atom is 0.245 e. The van der Waals surface area contributed by atoms with Crippen LogP contribution in [-0.2, 0) is 9.59 Å². The van der Waals surface area contributed by atoms with E-state index in [1.807, 2.05) is 18.2 Å². The maximum absolute atomic E-state index is 12.1. The van der Waals surface area contributed by atoms with E-state index in [2.05, 4.69) is 10.6 Å². The maximum atomic E-state index is 12.1. The van der Waals surface area contributed by atoms with Crippen molar-refractivity contribution in [1.82, 2.24) is 0 Å². The predicted molar refractivity (Wildman–Crippen MR) is 82.7 cm³/mol. The van der Waals surface area contributed by atoms with Gasteiger partial charge in [0, 0.05) is 18.3 Å². The van der Waals surface area contributed by atoms with Gasteiger partial charge < -0.3 is 16.4 Å². The van der Waals surface area contributed by atoms with Crippen molar-refractivity contribution in [2.24, 2.45) is 5.73 Å². The third-order valence-corrected chi connectivity index (χ3v) is 2.89. The summed E-state index contributed by atoms with van der Waals surface area (Å²) in [4.78, 5) is 23.1. The summed E-state index contributed by atoms with van der Waals surface area (Å²) in [6.45, 7) is 1.43. The lowest BCUT2D eigenvalue weighted by Gasteiger charge is -2.13. The minimum Gasteiger partial charge on any atom is -0.326 e. The second-order valence-electron chi connectivity index (χ2n) is 4.64. The Labute approximate surface area is 123 Å². The number of carbonyl (C=O) groups excluding carboxylic acids is 2. The minimum atomic E-state index is -0.740. The van der Waals surface area contributed by atoms with Crippen LogP contribution in [0, 0.1) is 0 Å². The molecule has 0 aliphatic heterocycles. The van der Waals surface area contributed by atoms with Crippen LogP contribution in [0.25, 0.3) is 0 Å². The van der Waals surface area contributed by atoms with Crippen molar-refractivity contribution in [3.05, 3.63) is 60.2 Å². The van der Waals surface area contributed by atoms with E-state index in [0.717, 1.165) is 5.56 Å². The van der Waals surface area contributed by atoms with E-state index in [1.165, 1.54) is 6.92 Å². The molecular weight excluding hydrogens is 266 g/mol. The molecule has 2 aromatic carbocycles. The molecule has 2 amide bonds. The smallest absolute Gasteiger partial charge is 0.245 e. The number of rotatable bonds is 4. The van der Waals surface area contributed by atoms with Crippen LogP contribution in [0.2, 0.25) is 0 Å². The fourth-order valence-electron chi connectivity index (χ4n) is 1.91. The molecule has 0 heterocycles. The topological polar surface area (TPSA) is 84.2 Å². The van der Waals surface area contributed by atoms with E-state index in [0.29, 0.717) is 11.4 Å². The molecule has 4 N–H and O–H groups in total. The highest BCUT2D eigenvalue weighted by Crippen LogP contribution is 2.17. The predicted octanol–water partition coefficient (Wildman–Crippen LogP) is 2.28. The van der Waals surface area contributed by atoms with E-state index < -0.39 is 6.04 Å². The largest absolute Gasteiger partial charge is 0.326 e. The summed E-state index contributed by atoms with van der Waals surface area (Å²) in [5, 5.41) is 5.40. The average molecular weight is 283 g/mol. The summed E-state index contributed by atoms with van der Waals surface area (Å²) in [7, 11) is 0. The third-order valence-electron chi connectivity index (χ3n) is 2.89. The van der Waals surface area contributed by atoms with Crippen molar-refractivity contribution in [3.8, 4) is 0 Å². The highest BCUT2D eigenvalue weighted by molar-refractivity contribution is 5.96. The van der Waals surface area contributed by atoms with Crippen molar-refractivity contribution < 1.29 is 9.59 Å². The van der Waals surface area contributed by atoms with Gasteiger partial charge in [0.2, 0.25) is 11.8 Å². The van der Waals surface area contributed by atoms with E-state index in [-0.39, 0.29) is 11.8 Å². The number of hydrogen-bond acceptors (Lipinski definition) is 3. The monoisotopic (exact) mass is 283 g/mol. The van der Waals surface area contributed by atoms with Gasteiger partial charge in [-0.1, -0.05) is 36.4 Å². The molecule has 0 aliphatic carbocycles. The summed E-state index contributed by atoms with van der Waals surface area (Å²) in [5.74, 6) is -0.472. The summed E-state index contributed by atoms with van der Waals surface area (Å²) < 4.78 is 0. The average Bonchev–Trinajstić information content (AvgIpc) is 2.47. The lowest BCUT2D eigenvalue weighted by Crippen LogP contribution is -2.27. The lowest BCUT2D eigenvalue weighted by molar-refractivity contribution is -0.117. The molecule has 2 aromatic rings. The Kier molecular flexibility index (Phi) is 4.68. The van der Waals surface area contributed by atoms with Gasteiger partial charge in [-0.05, 0) is 23.8 Å². The van der Waals surface area contributed by atoms with Crippen molar-refractivity contribution in [1.29, 1.82) is 0 Å². The third kappa shape index (κ3) is 4.15. The van der Waals surface area contributed by atoms with E-state index in [9.17, 15) is 9.59 Å². The number of anilines is 2. The first-order valence-corrected chi connectivity index (χ1v) is 6.55. The molecule has 1 atom stereocenters. The molecule has 0 saturated carbocycles. The van der Waals surface area contributed by atoms with Gasteiger partial charge in [0.05, 0.1) is 0 Å². The summed E-state index contributed by atoms with van der Waals surface area (Å²) >= 11 is 0. The summed E-state index contributed by atoms with van der Waals surface area (Å²) in [6.07, 6.45) is 0. The zero-order valence-electron chi connectivity index (χ0n) is 11.7. The van der Waals surface area contributed by atoms with Crippen molar-refractivity contribution >= 4 is 23.2 Å². The van der Waals surface area contributed by atoms with E-state index >= 15 is 0 Å². The fraction of sp³-hybridized carbons (Fsp3) is 0.125. The van der Waals surface area contributed by atoms with Gasteiger partial charge in [0.1, 0.15) is 6.04 Å². The molecule has 2 rings (SSSR count). The van der Waals surface area contributed by atoms with Gasteiger partial charge in [-0.3, -0.25) is 9.59 Å². The van der Waals surface area contributed by atoms with Gasteiger partial charge >= 0.3 is 0 Å². The Balaban J connectivity index is 2.07. The van der Waals surface area contributed by atoms with Crippen LogP contribution in [0.3, 0.4) is 0 Å². The Morgan fingerprint density at radius 3 is 2.19 bits per heavy atom. The molecule has 0 aliphatic rings.